The van der Waals surface area contributed by atoms with Crippen molar-refractivity contribution in [1.29, 1.82) is 0 Å². The topological polar surface area (TPSA) is 71.3 Å². The molecule has 0 aliphatic carbocycles. The molecule has 2 aromatic carbocycles. The van der Waals surface area contributed by atoms with E-state index in [4.69, 9.17) is 4.52 Å². The number of likely N-dealkylation sites (tertiary alicyclic amines) is 1. The first-order valence-corrected chi connectivity index (χ1v) is 12.9. The Morgan fingerprint density at radius 1 is 1.11 bits per heavy atom. The van der Waals surface area contributed by atoms with Crippen LogP contribution < -0.4 is 5.32 Å². The third-order valence-electron chi connectivity index (χ3n) is 6.75. The summed E-state index contributed by atoms with van der Waals surface area (Å²) < 4.78 is 5.55. The second kappa shape index (κ2) is 11.2. The molecule has 0 radical (unpaired) electrons. The number of anilines is 1. The summed E-state index contributed by atoms with van der Waals surface area (Å²) in [6, 6.07) is 16.6. The van der Waals surface area contributed by atoms with Crippen LogP contribution >= 0.6 is 0 Å². The average Bonchev–Trinajstić information content (AvgIpc) is 3.32. The highest BCUT2D eigenvalue weighted by atomic mass is 16.5. The molecule has 6 heteroatoms. The van der Waals surface area contributed by atoms with Gasteiger partial charge in [0.25, 0.3) is 0 Å². The number of aryl methyl sites for hydroxylation is 1. The molecule has 1 fully saturated rings. The van der Waals surface area contributed by atoms with Crippen LogP contribution in [0.4, 0.5) is 5.69 Å². The summed E-state index contributed by atoms with van der Waals surface area (Å²) in [7, 11) is 0. The van der Waals surface area contributed by atoms with Crippen LogP contribution in [-0.2, 0) is 23.2 Å². The average molecular weight is 475 g/mol. The van der Waals surface area contributed by atoms with Gasteiger partial charge >= 0.3 is 0 Å². The van der Waals surface area contributed by atoms with E-state index in [9.17, 15) is 4.79 Å². The Balaban J connectivity index is 1.31. The van der Waals surface area contributed by atoms with Crippen molar-refractivity contribution in [2.75, 3.05) is 18.4 Å². The van der Waals surface area contributed by atoms with Crippen molar-refractivity contribution in [3.8, 4) is 11.4 Å². The van der Waals surface area contributed by atoms with Crippen molar-refractivity contribution < 1.29 is 9.32 Å². The second-order valence-corrected chi connectivity index (χ2v) is 10.7. The Hall–Kier alpha value is -2.99. The highest BCUT2D eigenvalue weighted by Gasteiger charge is 2.27. The molecule has 0 spiro atoms. The molecule has 1 aliphatic heterocycles. The van der Waals surface area contributed by atoms with E-state index in [0.29, 0.717) is 24.8 Å². The number of unbranched alkanes of at least 4 members (excludes halogenated alkanes) is 1. The number of hydrogen-bond acceptors (Lipinski definition) is 5. The Labute approximate surface area is 209 Å². The SMILES string of the molecule is CCCCc1ccc(NC(=O)C2CCCN(Cc3nc(-c4ccc(C(C)(C)C)cc4)no3)C2)cc1. The van der Waals surface area contributed by atoms with Gasteiger partial charge < -0.3 is 9.84 Å². The largest absolute Gasteiger partial charge is 0.338 e. The summed E-state index contributed by atoms with van der Waals surface area (Å²) >= 11 is 0. The van der Waals surface area contributed by atoms with Gasteiger partial charge in [0, 0.05) is 17.8 Å². The number of carbonyl (C=O) groups is 1. The lowest BCUT2D eigenvalue weighted by atomic mass is 9.87. The zero-order valence-corrected chi connectivity index (χ0v) is 21.5. The van der Waals surface area contributed by atoms with Crippen LogP contribution in [0.3, 0.4) is 0 Å². The standard InChI is InChI=1S/C29H38N4O2/c1-5-6-8-21-10-16-25(17-11-21)30-28(34)23-9-7-18-33(19-23)20-26-31-27(32-35-26)22-12-14-24(15-13-22)29(2,3)4/h10-17,23H,5-9,18-20H2,1-4H3,(H,30,34). The van der Waals surface area contributed by atoms with Gasteiger partial charge in [0.1, 0.15) is 0 Å². The Bertz CT molecular complexity index is 1100. The maximum atomic E-state index is 12.9. The van der Waals surface area contributed by atoms with E-state index in [2.05, 4.69) is 72.3 Å². The molecule has 1 unspecified atom stereocenters. The van der Waals surface area contributed by atoms with Gasteiger partial charge in [-0.3, -0.25) is 9.69 Å². The molecule has 1 aliphatic rings. The Morgan fingerprint density at radius 3 is 2.54 bits per heavy atom. The van der Waals surface area contributed by atoms with Crippen molar-refractivity contribution in [3.63, 3.8) is 0 Å². The third-order valence-corrected chi connectivity index (χ3v) is 6.75. The van der Waals surface area contributed by atoms with Gasteiger partial charge in [-0.05, 0) is 60.9 Å². The first-order valence-electron chi connectivity index (χ1n) is 12.9. The smallest absolute Gasteiger partial charge is 0.241 e. The fraction of sp³-hybridized carbons (Fsp3) is 0.483. The molecule has 1 saturated heterocycles. The minimum Gasteiger partial charge on any atom is -0.338 e. The molecule has 4 rings (SSSR count). The van der Waals surface area contributed by atoms with E-state index in [1.807, 2.05) is 24.3 Å². The molecule has 0 saturated carbocycles. The van der Waals surface area contributed by atoms with Crippen molar-refractivity contribution in [2.24, 2.45) is 5.92 Å². The lowest BCUT2D eigenvalue weighted by molar-refractivity contribution is -0.121. The van der Waals surface area contributed by atoms with Crippen LogP contribution in [-0.4, -0.2) is 34.0 Å². The van der Waals surface area contributed by atoms with E-state index in [1.165, 1.54) is 24.0 Å². The number of carbonyl (C=O) groups excluding carboxylic acids is 1. The molecule has 1 amide bonds. The van der Waals surface area contributed by atoms with Gasteiger partial charge in [-0.25, -0.2) is 0 Å². The number of nitrogens with zero attached hydrogens (tertiary/aromatic N) is 3. The maximum absolute atomic E-state index is 12.9. The van der Waals surface area contributed by atoms with Crippen molar-refractivity contribution >= 4 is 11.6 Å². The van der Waals surface area contributed by atoms with Crippen LogP contribution in [0.2, 0.25) is 0 Å². The summed E-state index contributed by atoms with van der Waals surface area (Å²) in [4.78, 5) is 19.8. The molecule has 186 valence electrons. The molecular formula is C29H38N4O2. The number of benzene rings is 2. The Morgan fingerprint density at radius 2 is 1.86 bits per heavy atom. The number of piperidine rings is 1. The Kier molecular flexibility index (Phi) is 8.01. The molecule has 6 nitrogen and oxygen atoms in total. The van der Waals surface area contributed by atoms with Crippen molar-refractivity contribution in [3.05, 3.63) is 65.5 Å². The van der Waals surface area contributed by atoms with Gasteiger partial charge in [0.2, 0.25) is 17.6 Å². The number of hydrogen-bond donors (Lipinski definition) is 1. The summed E-state index contributed by atoms with van der Waals surface area (Å²) in [5, 5.41) is 7.29. The van der Waals surface area contributed by atoms with Crippen LogP contribution in [0, 0.1) is 5.92 Å². The van der Waals surface area contributed by atoms with Crippen molar-refractivity contribution in [2.45, 2.75) is 71.8 Å². The second-order valence-electron chi connectivity index (χ2n) is 10.7. The minimum atomic E-state index is -0.0455. The maximum Gasteiger partial charge on any atom is 0.241 e. The van der Waals surface area contributed by atoms with Gasteiger partial charge in [0.15, 0.2) is 0 Å². The zero-order chi connectivity index (χ0) is 24.8. The molecule has 0 bridgehead atoms. The summed E-state index contributed by atoms with van der Waals surface area (Å²) in [5.74, 6) is 1.23. The predicted molar refractivity (Wildman–Crippen MR) is 140 cm³/mol. The van der Waals surface area contributed by atoms with E-state index in [0.717, 1.165) is 37.1 Å². The van der Waals surface area contributed by atoms with Gasteiger partial charge in [-0.15, -0.1) is 0 Å². The quantitative estimate of drug-likeness (QED) is 0.419. The van der Waals surface area contributed by atoms with E-state index in [-0.39, 0.29) is 17.2 Å². The molecule has 2 heterocycles. The third kappa shape index (κ3) is 6.79. The monoisotopic (exact) mass is 474 g/mol. The van der Waals surface area contributed by atoms with Crippen LogP contribution in [0.5, 0.6) is 0 Å². The van der Waals surface area contributed by atoms with Crippen molar-refractivity contribution in [1.82, 2.24) is 15.0 Å². The van der Waals surface area contributed by atoms with E-state index >= 15 is 0 Å². The lowest BCUT2D eigenvalue weighted by Gasteiger charge is -2.30. The van der Waals surface area contributed by atoms with E-state index < -0.39 is 0 Å². The number of nitrogens with one attached hydrogen (secondary N) is 1. The van der Waals surface area contributed by atoms with Crippen LogP contribution in [0.1, 0.15) is 70.4 Å². The molecular weight excluding hydrogens is 436 g/mol. The highest BCUT2D eigenvalue weighted by molar-refractivity contribution is 5.92. The number of rotatable bonds is 8. The van der Waals surface area contributed by atoms with Crippen LogP contribution in [0.25, 0.3) is 11.4 Å². The minimum absolute atomic E-state index is 0.0455. The summed E-state index contributed by atoms with van der Waals surface area (Å²) in [6.45, 7) is 11.0. The van der Waals surface area contributed by atoms with E-state index in [1.54, 1.807) is 0 Å². The van der Waals surface area contributed by atoms with Gasteiger partial charge in [-0.1, -0.05) is 75.7 Å². The number of amides is 1. The fourth-order valence-corrected chi connectivity index (χ4v) is 4.54. The van der Waals surface area contributed by atoms with Gasteiger partial charge in [-0.2, -0.15) is 4.98 Å². The summed E-state index contributed by atoms with van der Waals surface area (Å²) in [6.07, 6.45) is 5.33. The van der Waals surface area contributed by atoms with Gasteiger partial charge in [0.05, 0.1) is 12.5 Å². The fourth-order valence-electron chi connectivity index (χ4n) is 4.54. The highest BCUT2D eigenvalue weighted by Crippen LogP contribution is 2.26. The molecule has 35 heavy (non-hydrogen) atoms. The first kappa shape index (κ1) is 25.1. The molecule has 1 atom stereocenters. The molecule has 1 aromatic heterocycles. The zero-order valence-electron chi connectivity index (χ0n) is 21.5. The van der Waals surface area contributed by atoms with Crippen LogP contribution in [0.15, 0.2) is 53.1 Å². The molecule has 3 aromatic rings. The molecule has 1 N–H and O–H groups in total. The summed E-state index contributed by atoms with van der Waals surface area (Å²) in [5.41, 5.74) is 4.51. The lowest BCUT2D eigenvalue weighted by Crippen LogP contribution is -2.40. The predicted octanol–water partition coefficient (Wildman–Crippen LogP) is 6.23. The first-order chi connectivity index (χ1) is 16.8. The normalized spacial score (nSPS) is 16.9. The number of aromatic nitrogens is 2.